The average Bonchev–Trinajstić information content (AvgIpc) is 2.93. The van der Waals surface area contributed by atoms with Gasteiger partial charge in [-0.05, 0) is 31.6 Å². The predicted octanol–water partition coefficient (Wildman–Crippen LogP) is 1.73. The number of aromatic nitrogens is 2. The van der Waals surface area contributed by atoms with Gasteiger partial charge in [0.25, 0.3) is 0 Å². The van der Waals surface area contributed by atoms with E-state index in [0.29, 0.717) is 5.92 Å². The van der Waals surface area contributed by atoms with Gasteiger partial charge in [0.1, 0.15) is 5.82 Å². The highest BCUT2D eigenvalue weighted by Crippen LogP contribution is 2.27. The minimum Gasteiger partial charge on any atom is -0.399 e. The molecule has 0 amide bonds. The summed E-state index contributed by atoms with van der Waals surface area (Å²) in [4.78, 5) is 7.04. The molecular formula is C13H18N4. The highest BCUT2D eigenvalue weighted by atomic mass is 15.2. The maximum atomic E-state index is 5.78. The van der Waals surface area contributed by atoms with E-state index in [-0.39, 0.29) is 0 Å². The molecule has 1 fully saturated rings. The van der Waals surface area contributed by atoms with Gasteiger partial charge in [0.05, 0.1) is 11.7 Å². The van der Waals surface area contributed by atoms with Gasteiger partial charge < -0.3 is 15.0 Å². The second kappa shape index (κ2) is 4.04. The molecule has 0 aliphatic carbocycles. The molecule has 3 heterocycles. The number of fused-ring (bicyclic) bond motifs is 1. The summed E-state index contributed by atoms with van der Waals surface area (Å²) in [5, 5.41) is 0. The van der Waals surface area contributed by atoms with Crippen molar-refractivity contribution in [2.24, 2.45) is 0 Å². The molecule has 1 aliphatic rings. The molecule has 2 N–H and O–H groups in total. The molecule has 0 radical (unpaired) electrons. The highest BCUT2D eigenvalue weighted by molar-refractivity contribution is 5.56. The fourth-order valence-corrected chi connectivity index (χ4v) is 2.67. The third kappa shape index (κ3) is 1.78. The van der Waals surface area contributed by atoms with Crippen LogP contribution in [0.5, 0.6) is 0 Å². The third-order valence-corrected chi connectivity index (χ3v) is 3.67. The van der Waals surface area contributed by atoms with Gasteiger partial charge in [0.2, 0.25) is 0 Å². The number of nitrogens with zero attached hydrogens (tertiary/aromatic N) is 3. The third-order valence-electron chi connectivity index (χ3n) is 3.67. The summed E-state index contributed by atoms with van der Waals surface area (Å²) in [5.41, 5.74) is 7.67. The van der Waals surface area contributed by atoms with Crippen LogP contribution in [0.3, 0.4) is 0 Å². The Morgan fingerprint density at radius 2 is 2.41 bits per heavy atom. The molecule has 0 saturated carbocycles. The molecule has 1 unspecified atom stereocenters. The highest BCUT2D eigenvalue weighted by Gasteiger charge is 2.25. The van der Waals surface area contributed by atoms with E-state index >= 15 is 0 Å². The number of pyridine rings is 1. The molecule has 90 valence electrons. The average molecular weight is 230 g/mol. The smallest absolute Gasteiger partial charge is 0.117 e. The zero-order valence-electron chi connectivity index (χ0n) is 10.1. The summed E-state index contributed by atoms with van der Waals surface area (Å²) in [6, 6.07) is 3.91. The van der Waals surface area contributed by atoms with Crippen molar-refractivity contribution in [3.05, 3.63) is 30.4 Å². The first kappa shape index (κ1) is 10.6. The van der Waals surface area contributed by atoms with Crippen molar-refractivity contribution in [3.8, 4) is 0 Å². The van der Waals surface area contributed by atoms with Crippen LogP contribution in [-0.2, 0) is 0 Å². The van der Waals surface area contributed by atoms with Gasteiger partial charge in [0.15, 0.2) is 0 Å². The Labute approximate surface area is 101 Å². The van der Waals surface area contributed by atoms with Crippen molar-refractivity contribution in [2.75, 3.05) is 25.4 Å². The van der Waals surface area contributed by atoms with Crippen molar-refractivity contribution in [1.29, 1.82) is 0 Å². The molecule has 1 atom stereocenters. The zero-order chi connectivity index (χ0) is 11.8. The first-order chi connectivity index (χ1) is 8.28. The number of imidazole rings is 1. The van der Waals surface area contributed by atoms with E-state index in [0.717, 1.165) is 24.3 Å². The van der Waals surface area contributed by atoms with Crippen LogP contribution in [0, 0.1) is 0 Å². The molecule has 0 aromatic carbocycles. The van der Waals surface area contributed by atoms with Gasteiger partial charge in [-0.15, -0.1) is 0 Å². The molecule has 0 spiro atoms. The van der Waals surface area contributed by atoms with E-state index in [2.05, 4.69) is 21.2 Å². The largest absolute Gasteiger partial charge is 0.399 e. The van der Waals surface area contributed by atoms with Crippen LogP contribution < -0.4 is 5.73 Å². The number of anilines is 1. The second-order valence-corrected chi connectivity index (χ2v) is 4.75. The predicted molar refractivity (Wildman–Crippen MR) is 69.1 cm³/mol. The van der Waals surface area contributed by atoms with Gasteiger partial charge in [-0.1, -0.05) is 6.92 Å². The molecule has 2 aromatic rings. The van der Waals surface area contributed by atoms with Crippen molar-refractivity contribution in [3.63, 3.8) is 0 Å². The number of hydrogen-bond donors (Lipinski definition) is 1. The Bertz CT molecular complexity index is 531. The summed E-state index contributed by atoms with van der Waals surface area (Å²) in [5.74, 6) is 1.73. The summed E-state index contributed by atoms with van der Waals surface area (Å²) in [7, 11) is 0. The number of nitrogen functional groups attached to an aromatic ring is 1. The molecule has 1 saturated heterocycles. The fourth-order valence-electron chi connectivity index (χ4n) is 2.67. The van der Waals surface area contributed by atoms with Gasteiger partial charge in [-0.25, -0.2) is 4.98 Å². The van der Waals surface area contributed by atoms with Gasteiger partial charge in [-0.2, -0.15) is 0 Å². The lowest BCUT2D eigenvalue weighted by Crippen LogP contribution is -2.19. The zero-order valence-corrected chi connectivity index (χ0v) is 10.1. The Morgan fingerprint density at radius 3 is 3.18 bits per heavy atom. The monoisotopic (exact) mass is 230 g/mol. The Morgan fingerprint density at radius 1 is 1.53 bits per heavy atom. The minimum atomic E-state index is 0.557. The van der Waals surface area contributed by atoms with Crippen molar-refractivity contribution >= 4 is 11.2 Å². The lowest BCUT2D eigenvalue weighted by Gasteiger charge is -2.12. The summed E-state index contributed by atoms with van der Waals surface area (Å²) in [6.07, 6.45) is 5.15. The van der Waals surface area contributed by atoms with Gasteiger partial charge in [0, 0.05) is 24.3 Å². The number of rotatable bonds is 2. The van der Waals surface area contributed by atoms with Crippen LogP contribution >= 0.6 is 0 Å². The van der Waals surface area contributed by atoms with E-state index in [1.54, 1.807) is 0 Å². The molecule has 1 aliphatic heterocycles. The SMILES string of the molecule is CCN1CCC(c2ncc3cc(N)ccn23)C1. The maximum Gasteiger partial charge on any atom is 0.117 e. The van der Waals surface area contributed by atoms with E-state index in [1.807, 2.05) is 24.5 Å². The first-order valence-corrected chi connectivity index (χ1v) is 6.22. The lowest BCUT2D eigenvalue weighted by atomic mass is 10.1. The Hall–Kier alpha value is -1.55. The maximum absolute atomic E-state index is 5.78. The van der Waals surface area contributed by atoms with Crippen molar-refractivity contribution in [1.82, 2.24) is 14.3 Å². The molecule has 2 aromatic heterocycles. The number of likely N-dealkylation sites (N-methyl/N-ethyl adjacent to an activating group) is 1. The number of likely N-dealkylation sites (tertiary alicyclic amines) is 1. The van der Waals surface area contributed by atoms with Crippen LogP contribution in [0.1, 0.15) is 25.1 Å². The van der Waals surface area contributed by atoms with Crippen LogP contribution in [0.25, 0.3) is 5.52 Å². The molecule has 4 heteroatoms. The van der Waals surface area contributed by atoms with Crippen LogP contribution in [0.15, 0.2) is 24.5 Å². The Kier molecular flexibility index (Phi) is 2.52. The van der Waals surface area contributed by atoms with Crippen LogP contribution in [-0.4, -0.2) is 33.9 Å². The molecule has 4 nitrogen and oxygen atoms in total. The van der Waals surface area contributed by atoms with Crippen LogP contribution in [0.4, 0.5) is 5.69 Å². The standard InChI is InChI=1S/C13H18N4/c1-2-16-5-3-10(9-16)13-15-8-12-7-11(14)4-6-17(12)13/h4,6-8,10H,2-3,5,9,14H2,1H3. The summed E-state index contributed by atoms with van der Waals surface area (Å²) in [6.45, 7) is 5.66. The minimum absolute atomic E-state index is 0.557. The number of nitrogens with two attached hydrogens (primary N) is 1. The summed E-state index contributed by atoms with van der Waals surface area (Å²) < 4.78 is 2.17. The van der Waals surface area contributed by atoms with E-state index in [4.69, 9.17) is 5.73 Å². The van der Waals surface area contributed by atoms with Crippen molar-refractivity contribution < 1.29 is 0 Å². The molecule has 0 bridgehead atoms. The van der Waals surface area contributed by atoms with E-state index < -0.39 is 0 Å². The van der Waals surface area contributed by atoms with E-state index in [9.17, 15) is 0 Å². The Balaban J connectivity index is 1.96. The number of hydrogen-bond acceptors (Lipinski definition) is 3. The van der Waals surface area contributed by atoms with Crippen LogP contribution in [0.2, 0.25) is 0 Å². The van der Waals surface area contributed by atoms with Gasteiger partial charge >= 0.3 is 0 Å². The van der Waals surface area contributed by atoms with Gasteiger partial charge in [-0.3, -0.25) is 0 Å². The second-order valence-electron chi connectivity index (χ2n) is 4.75. The van der Waals surface area contributed by atoms with Crippen molar-refractivity contribution in [2.45, 2.75) is 19.3 Å². The normalized spacial score (nSPS) is 21.4. The quantitative estimate of drug-likeness (QED) is 0.854. The fraction of sp³-hybridized carbons (Fsp3) is 0.462. The van der Waals surface area contributed by atoms with E-state index in [1.165, 1.54) is 18.8 Å². The first-order valence-electron chi connectivity index (χ1n) is 6.22. The topological polar surface area (TPSA) is 46.6 Å². The molecular weight excluding hydrogens is 212 g/mol. The lowest BCUT2D eigenvalue weighted by molar-refractivity contribution is 0.352. The summed E-state index contributed by atoms with van der Waals surface area (Å²) >= 11 is 0. The molecule has 3 rings (SSSR count). The molecule has 17 heavy (non-hydrogen) atoms.